The number of imidazole rings is 1. The van der Waals surface area contributed by atoms with Crippen molar-refractivity contribution in [3.05, 3.63) is 53.2 Å². The van der Waals surface area contributed by atoms with Crippen LogP contribution in [0.4, 0.5) is 8.78 Å². The van der Waals surface area contributed by atoms with Gasteiger partial charge in [-0.05, 0) is 24.0 Å². The van der Waals surface area contributed by atoms with Gasteiger partial charge in [0.05, 0.1) is 26.0 Å². The molecule has 1 aliphatic carbocycles. The molecule has 29 heavy (non-hydrogen) atoms. The highest BCUT2D eigenvalue weighted by Crippen LogP contribution is 2.57. The first-order chi connectivity index (χ1) is 14.0. The van der Waals surface area contributed by atoms with Crippen molar-refractivity contribution in [3.8, 4) is 5.88 Å². The fourth-order valence-electron chi connectivity index (χ4n) is 4.09. The van der Waals surface area contributed by atoms with E-state index < -0.39 is 12.1 Å². The molecule has 3 aromatic rings. The summed E-state index contributed by atoms with van der Waals surface area (Å²) in [7, 11) is 1.47. The second-order valence-electron chi connectivity index (χ2n) is 7.39. The van der Waals surface area contributed by atoms with Crippen LogP contribution in [0.25, 0.3) is 5.78 Å². The number of carbonyl (C=O) groups is 1. The van der Waals surface area contributed by atoms with E-state index in [2.05, 4.69) is 15.0 Å². The number of nitrogens with zero attached hydrogens (tertiary/aromatic N) is 4. The van der Waals surface area contributed by atoms with Gasteiger partial charge in [0.25, 0.3) is 6.43 Å². The molecule has 0 spiro atoms. The number of ketones is 1. The Hall–Kier alpha value is -2.94. The second-order valence-corrected chi connectivity index (χ2v) is 7.39. The molecule has 2 unspecified atom stereocenters. The van der Waals surface area contributed by atoms with Gasteiger partial charge in [-0.2, -0.15) is 4.98 Å². The summed E-state index contributed by atoms with van der Waals surface area (Å²) in [5.74, 6) is 1.83. The van der Waals surface area contributed by atoms with E-state index >= 15 is 0 Å². The van der Waals surface area contributed by atoms with Gasteiger partial charge in [0.1, 0.15) is 11.4 Å². The van der Waals surface area contributed by atoms with E-state index in [9.17, 15) is 13.6 Å². The Morgan fingerprint density at radius 1 is 1.24 bits per heavy atom. The van der Waals surface area contributed by atoms with Crippen molar-refractivity contribution >= 4 is 11.6 Å². The molecule has 1 saturated carbocycles. The first-order valence-corrected chi connectivity index (χ1v) is 9.33. The molecule has 0 radical (unpaired) electrons. The normalized spacial score (nSPS) is 22.8. The maximum Gasteiger partial charge on any atom is 0.280 e. The number of rotatable bonds is 6. The van der Waals surface area contributed by atoms with E-state index in [1.807, 2.05) is 6.20 Å². The van der Waals surface area contributed by atoms with Crippen LogP contribution >= 0.6 is 0 Å². The number of hydrogen-bond acceptors (Lipinski definition) is 6. The molecule has 0 amide bonds. The monoisotopic (exact) mass is 400 g/mol. The number of ether oxygens (including phenoxy) is 2. The van der Waals surface area contributed by atoms with Gasteiger partial charge in [-0.3, -0.25) is 9.20 Å². The highest BCUT2D eigenvalue weighted by molar-refractivity contribution is 5.96. The zero-order valence-corrected chi connectivity index (χ0v) is 15.6. The van der Waals surface area contributed by atoms with Gasteiger partial charge in [-0.1, -0.05) is 6.07 Å². The number of hydrogen-bond donors (Lipinski definition) is 0. The molecule has 9 heteroatoms. The molecule has 0 N–H and O–H groups in total. The van der Waals surface area contributed by atoms with E-state index in [4.69, 9.17) is 9.47 Å². The van der Waals surface area contributed by atoms with E-state index in [0.29, 0.717) is 29.1 Å². The molecule has 5 rings (SSSR count). The summed E-state index contributed by atoms with van der Waals surface area (Å²) in [4.78, 5) is 25.4. The number of carbonyl (C=O) groups excluding carboxylic acids is 1. The molecular weight excluding hydrogens is 382 g/mol. The lowest BCUT2D eigenvalue weighted by atomic mass is 10.1. The van der Waals surface area contributed by atoms with E-state index in [-0.39, 0.29) is 23.8 Å². The summed E-state index contributed by atoms with van der Waals surface area (Å²) in [6, 6.07) is 4.02. The molecule has 150 valence electrons. The highest BCUT2D eigenvalue weighted by Gasteiger charge is 2.55. The maximum absolute atomic E-state index is 12.9. The summed E-state index contributed by atoms with van der Waals surface area (Å²) in [6.07, 6.45) is 0.879. The van der Waals surface area contributed by atoms with Crippen LogP contribution in [-0.2, 0) is 11.2 Å². The first kappa shape index (κ1) is 18.1. The van der Waals surface area contributed by atoms with Crippen LogP contribution in [0.3, 0.4) is 0 Å². The molecule has 1 aliphatic heterocycles. The predicted octanol–water partition coefficient (Wildman–Crippen LogP) is 2.86. The number of alkyl halides is 2. The molecule has 2 aliphatic rings. The Kier molecular flexibility index (Phi) is 4.27. The molecular formula is C20H18F2N4O3. The van der Waals surface area contributed by atoms with Gasteiger partial charge >= 0.3 is 0 Å². The van der Waals surface area contributed by atoms with Crippen LogP contribution in [0.15, 0.2) is 30.6 Å². The lowest BCUT2D eigenvalue weighted by Gasteiger charge is -2.08. The van der Waals surface area contributed by atoms with E-state index in [1.54, 1.807) is 10.6 Å². The standard InChI is InChI=1S/C20H18F2N4O3/c1-28-19-10(5-16(27)13-3-2-4-14(23-13)18(21)22)6-26-7-15(24-20(26)25-19)17-11-8-29-9-12(11)17/h2-4,6-7,11-12,17-18H,5,8-9H2,1H3. The number of halogens is 2. The summed E-state index contributed by atoms with van der Waals surface area (Å²) < 4.78 is 38.3. The first-order valence-electron chi connectivity index (χ1n) is 9.33. The van der Waals surface area contributed by atoms with Crippen molar-refractivity contribution in [1.82, 2.24) is 19.4 Å². The van der Waals surface area contributed by atoms with Gasteiger partial charge in [-0.15, -0.1) is 0 Å². The fourth-order valence-corrected chi connectivity index (χ4v) is 4.09. The Bertz CT molecular complexity index is 1090. The van der Waals surface area contributed by atoms with Gasteiger partial charge in [-0.25, -0.2) is 18.7 Å². The number of pyridine rings is 1. The third-order valence-electron chi connectivity index (χ3n) is 5.62. The van der Waals surface area contributed by atoms with E-state index in [1.165, 1.54) is 25.3 Å². The van der Waals surface area contributed by atoms with Crippen LogP contribution in [0.2, 0.25) is 0 Å². The molecule has 0 aromatic carbocycles. The van der Waals surface area contributed by atoms with Gasteiger partial charge < -0.3 is 9.47 Å². The van der Waals surface area contributed by atoms with Crippen LogP contribution in [0, 0.1) is 11.8 Å². The van der Waals surface area contributed by atoms with Crippen LogP contribution in [0.1, 0.15) is 39.8 Å². The topological polar surface area (TPSA) is 78.6 Å². The van der Waals surface area contributed by atoms with Crippen LogP contribution < -0.4 is 4.74 Å². The number of aromatic nitrogens is 4. The maximum atomic E-state index is 12.9. The Balaban J connectivity index is 1.43. The number of fused-ring (bicyclic) bond motifs is 2. The van der Waals surface area contributed by atoms with Crippen molar-refractivity contribution < 1.29 is 23.0 Å². The Morgan fingerprint density at radius 2 is 2.03 bits per heavy atom. The third-order valence-corrected chi connectivity index (χ3v) is 5.62. The van der Waals surface area contributed by atoms with Crippen molar-refractivity contribution in [2.24, 2.45) is 11.8 Å². The second kappa shape index (κ2) is 6.84. The minimum atomic E-state index is -2.73. The molecule has 4 heterocycles. The predicted molar refractivity (Wildman–Crippen MR) is 97.3 cm³/mol. The Morgan fingerprint density at radius 3 is 2.76 bits per heavy atom. The zero-order chi connectivity index (χ0) is 20.1. The minimum absolute atomic E-state index is 0.0120. The zero-order valence-electron chi connectivity index (χ0n) is 15.6. The molecule has 7 nitrogen and oxygen atoms in total. The lowest BCUT2D eigenvalue weighted by Crippen LogP contribution is -2.10. The van der Waals surface area contributed by atoms with Crippen molar-refractivity contribution in [2.45, 2.75) is 18.8 Å². The number of methoxy groups -OCH3 is 1. The quantitative estimate of drug-likeness (QED) is 0.592. The molecule has 0 bridgehead atoms. The van der Waals surface area contributed by atoms with Crippen LogP contribution in [-0.4, -0.2) is 45.5 Å². The fraction of sp³-hybridized carbons (Fsp3) is 0.400. The van der Waals surface area contributed by atoms with Crippen molar-refractivity contribution in [2.75, 3.05) is 20.3 Å². The molecule has 3 aromatic heterocycles. The van der Waals surface area contributed by atoms with Gasteiger partial charge in [0.15, 0.2) is 5.78 Å². The summed E-state index contributed by atoms with van der Waals surface area (Å²) in [5.41, 5.74) is 1.07. The van der Waals surface area contributed by atoms with Crippen LogP contribution in [0.5, 0.6) is 5.88 Å². The smallest absolute Gasteiger partial charge is 0.280 e. The lowest BCUT2D eigenvalue weighted by molar-refractivity contribution is 0.0984. The molecule has 1 saturated heterocycles. The SMILES string of the molecule is COc1nc2nc(C3C4COCC43)cn2cc1CC(=O)c1cccc(C(F)F)n1. The Labute approximate surface area is 164 Å². The van der Waals surface area contributed by atoms with Gasteiger partial charge in [0, 0.05) is 30.3 Å². The van der Waals surface area contributed by atoms with E-state index in [0.717, 1.165) is 18.9 Å². The molecule has 2 atom stereocenters. The molecule has 2 fully saturated rings. The average molecular weight is 400 g/mol. The summed E-state index contributed by atoms with van der Waals surface area (Å²) in [6.45, 7) is 1.54. The van der Waals surface area contributed by atoms with Crippen molar-refractivity contribution in [1.29, 1.82) is 0 Å². The van der Waals surface area contributed by atoms with Gasteiger partial charge in [0.2, 0.25) is 11.7 Å². The largest absolute Gasteiger partial charge is 0.481 e. The third kappa shape index (κ3) is 3.15. The van der Waals surface area contributed by atoms with Crippen molar-refractivity contribution in [3.63, 3.8) is 0 Å². The number of Topliss-reactive ketones (excluding diaryl/α,β-unsaturated/α-hetero) is 1. The highest BCUT2D eigenvalue weighted by atomic mass is 19.3. The average Bonchev–Trinajstić information content (AvgIpc) is 3.06. The summed E-state index contributed by atoms with van der Waals surface area (Å²) in [5, 5.41) is 0. The summed E-state index contributed by atoms with van der Waals surface area (Å²) >= 11 is 0. The minimum Gasteiger partial charge on any atom is -0.481 e.